The molecule has 0 spiro atoms. The van der Waals surface area contributed by atoms with Crippen LogP contribution in [0.5, 0.6) is 0 Å². The quantitative estimate of drug-likeness (QED) is 0.343. The van der Waals surface area contributed by atoms with Gasteiger partial charge in [-0.2, -0.15) is 5.26 Å². The Labute approximate surface area is 203 Å². The maximum atomic E-state index is 15.8. The van der Waals surface area contributed by atoms with Gasteiger partial charge in [0.2, 0.25) is 0 Å². The van der Waals surface area contributed by atoms with Gasteiger partial charge >= 0.3 is 0 Å². The Bertz CT molecular complexity index is 1380. The van der Waals surface area contributed by atoms with Crippen LogP contribution in [-0.2, 0) is 22.9 Å². The molecule has 0 N–H and O–H groups in total. The van der Waals surface area contributed by atoms with Crippen LogP contribution in [0.15, 0.2) is 24.4 Å². The first-order valence-electron chi connectivity index (χ1n) is 11.2. The summed E-state index contributed by atoms with van der Waals surface area (Å²) in [4.78, 5) is 0. The van der Waals surface area contributed by atoms with Gasteiger partial charge in [0.15, 0.2) is 6.10 Å². The van der Waals surface area contributed by atoms with Crippen molar-refractivity contribution in [1.29, 1.82) is 5.26 Å². The molecule has 0 bridgehead atoms. The van der Waals surface area contributed by atoms with Crippen molar-refractivity contribution in [3.05, 3.63) is 69.4 Å². The highest BCUT2D eigenvalue weighted by atomic mass is 19.3. The second-order valence-corrected chi connectivity index (χ2v) is 9.05. The molecule has 36 heavy (non-hydrogen) atoms. The molecule has 3 aromatic rings. The zero-order chi connectivity index (χ0) is 25.8. The lowest BCUT2D eigenvalue weighted by atomic mass is 9.74. The molecule has 188 valence electrons. The van der Waals surface area contributed by atoms with Crippen LogP contribution in [-0.4, -0.2) is 34.8 Å². The fraction of sp³-hybridized carbons (Fsp3) is 0.400. The normalized spacial score (nSPS) is 22.2. The van der Waals surface area contributed by atoms with Crippen LogP contribution >= 0.6 is 0 Å². The van der Waals surface area contributed by atoms with Crippen LogP contribution in [0.2, 0.25) is 0 Å². The summed E-state index contributed by atoms with van der Waals surface area (Å²) in [7, 11) is 2.84. The molecule has 11 heteroatoms. The molecule has 2 aromatic carbocycles. The van der Waals surface area contributed by atoms with Crippen LogP contribution < -0.4 is 0 Å². The number of hydrogen-bond acceptors (Lipinski definition) is 5. The molecule has 0 saturated carbocycles. The smallest absolute Gasteiger partial charge is 0.281 e. The summed E-state index contributed by atoms with van der Waals surface area (Å²) in [5.41, 5.74) is 0.175. The minimum absolute atomic E-state index is 0.0214. The van der Waals surface area contributed by atoms with Gasteiger partial charge in [-0.15, -0.1) is 5.10 Å². The van der Waals surface area contributed by atoms with E-state index in [0.717, 1.165) is 18.2 Å². The second kappa shape index (κ2) is 8.94. The van der Waals surface area contributed by atoms with E-state index in [1.807, 2.05) is 6.07 Å². The van der Waals surface area contributed by atoms with Gasteiger partial charge in [-0.05, 0) is 53.3 Å². The van der Waals surface area contributed by atoms with Gasteiger partial charge in [-0.3, -0.25) is 4.68 Å². The fourth-order valence-corrected chi connectivity index (χ4v) is 5.43. The molecule has 0 fully saturated rings. The van der Waals surface area contributed by atoms with Crippen LogP contribution in [0.25, 0.3) is 11.3 Å². The first kappa shape index (κ1) is 24.3. The lowest BCUT2D eigenvalue weighted by Gasteiger charge is -2.31. The van der Waals surface area contributed by atoms with Crippen molar-refractivity contribution < 1.29 is 31.4 Å². The van der Waals surface area contributed by atoms with E-state index in [2.05, 4.69) is 10.3 Å². The Morgan fingerprint density at radius 2 is 1.94 bits per heavy atom. The van der Waals surface area contributed by atoms with Gasteiger partial charge in [0.25, 0.3) is 5.92 Å². The van der Waals surface area contributed by atoms with E-state index in [0.29, 0.717) is 0 Å². The van der Waals surface area contributed by atoms with Gasteiger partial charge in [-0.1, -0.05) is 5.21 Å². The first-order valence-corrected chi connectivity index (χ1v) is 11.2. The molecule has 0 aliphatic heterocycles. The van der Waals surface area contributed by atoms with Gasteiger partial charge in [0.1, 0.15) is 30.3 Å². The largest absolute Gasteiger partial charge is 0.359 e. The molecule has 0 radical (unpaired) electrons. The summed E-state index contributed by atoms with van der Waals surface area (Å²) in [6, 6.07) is 5.00. The summed E-state index contributed by atoms with van der Waals surface area (Å²) < 4.78 is 86.9. The molecule has 2 aliphatic rings. The van der Waals surface area contributed by atoms with Crippen LogP contribution in [0, 0.1) is 23.0 Å². The van der Waals surface area contributed by atoms with Crippen molar-refractivity contribution >= 4 is 0 Å². The Morgan fingerprint density at radius 3 is 2.61 bits per heavy atom. The summed E-state index contributed by atoms with van der Waals surface area (Å²) >= 11 is 0. The number of aromatic nitrogens is 3. The van der Waals surface area contributed by atoms with Gasteiger partial charge in [0.05, 0.1) is 17.8 Å². The topological polar surface area (TPSA) is 73.0 Å². The highest BCUT2D eigenvalue weighted by molar-refractivity contribution is 5.70. The minimum atomic E-state index is -3.42. The molecular weight excluding hydrogens is 483 g/mol. The average molecular weight is 504 g/mol. The van der Waals surface area contributed by atoms with E-state index in [9.17, 15) is 14.0 Å². The number of nitriles is 1. The third kappa shape index (κ3) is 3.85. The predicted molar refractivity (Wildman–Crippen MR) is 117 cm³/mol. The van der Waals surface area contributed by atoms with Gasteiger partial charge in [-0.25, -0.2) is 22.0 Å². The standard InChI is InChI=1S/C25H21F5N4O2/c1-34-10-20(32-33-34)23-19(28)7-15(17-8-25(29,30)24(22(17)23)36-11-35-2)14-3-4-18(27)16-6-13(26)5-12(9-31)21(14)16/h5-7,10,14,18,24H,3-4,8,11H2,1-2H3/t14-,18+,24+/m1/s1. The van der Waals surface area contributed by atoms with E-state index < -0.39 is 49.0 Å². The van der Waals surface area contributed by atoms with Crippen molar-refractivity contribution in [1.82, 2.24) is 15.0 Å². The summed E-state index contributed by atoms with van der Waals surface area (Å²) in [6.07, 6.45) is -2.64. The number of ether oxygens (including phenoxy) is 2. The molecule has 6 nitrogen and oxygen atoms in total. The number of hydrogen-bond donors (Lipinski definition) is 0. The number of aryl methyl sites for hydroxylation is 1. The highest BCUT2D eigenvalue weighted by Crippen LogP contribution is 2.54. The summed E-state index contributed by atoms with van der Waals surface area (Å²) in [5, 5.41) is 17.4. The monoisotopic (exact) mass is 504 g/mol. The number of methoxy groups -OCH3 is 1. The zero-order valence-corrected chi connectivity index (χ0v) is 19.4. The SMILES string of the molecule is COCO[C@H]1c2c(c([C@H]3CC[C@H](F)c4cc(F)cc(C#N)c43)cc(F)c2-c2cn(C)nn2)CC1(F)F. The number of halogens is 5. The van der Waals surface area contributed by atoms with E-state index >= 15 is 13.2 Å². The molecule has 0 saturated heterocycles. The molecule has 3 atom stereocenters. The highest BCUT2D eigenvalue weighted by Gasteiger charge is 2.52. The summed E-state index contributed by atoms with van der Waals surface area (Å²) in [6.45, 7) is -0.459. The van der Waals surface area contributed by atoms with Crippen molar-refractivity contribution in [2.45, 2.75) is 43.4 Å². The van der Waals surface area contributed by atoms with E-state index in [4.69, 9.17) is 9.47 Å². The first-order chi connectivity index (χ1) is 17.2. The van der Waals surface area contributed by atoms with Crippen LogP contribution in [0.4, 0.5) is 22.0 Å². The fourth-order valence-electron chi connectivity index (χ4n) is 5.43. The molecular formula is C25H21F5N4O2. The Morgan fingerprint density at radius 1 is 1.17 bits per heavy atom. The maximum Gasteiger partial charge on any atom is 0.281 e. The molecule has 0 amide bonds. The number of benzene rings is 2. The van der Waals surface area contributed by atoms with Crippen LogP contribution in [0.3, 0.4) is 0 Å². The van der Waals surface area contributed by atoms with E-state index in [1.165, 1.54) is 18.0 Å². The molecule has 0 unspecified atom stereocenters. The molecule has 5 rings (SSSR count). The summed E-state index contributed by atoms with van der Waals surface area (Å²) in [5.74, 6) is -5.82. The van der Waals surface area contributed by atoms with E-state index in [1.54, 1.807) is 7.05 Å². The van der Waals surface area contributed by atoms with Crippen molar-refractivity contribution in [3.8, 4) is 17.3 Å². The maximum absolute atomic E-state index is 15.8. The number of rotatable bonds is 5. The lowest BCUT2D eigenvalue weighted by molar-refractivity contribution is -0.169. The molecule has 2 aliphatic carbocycles. The predicted octanol–water partition coefficient (Wildman–Crippen LogP) is 5.42. The van der Waals surface area contributed by atoms with Crippen molar-refractivity contribution in [2.24, 2.45) is 7.05 Å². The average Bonchev–Trinajstić information content (AvgIpc) is 3.37. The minimum Gasteiger partial charge on any atom is -0.359 e. The number of fused-ring (bicyclic) bond motifs is 2. The Kier molecular flexibility index (Phi) is 6.04. The Hall–Kier alpha value is -3.36. The third-order valence-corrected chi connectivity index (χ3v) is 6.80. The number of nitrogens with zero attached hydrogens (tertiary/aromatic N) is 4. The second-order valence-electron chi connectivity index (χ2n) is 9.05. The zero-order valence-electron chi connectivity index (χ0n) is 19.4. The van der Waals surface area contributed by atoms with Crippen molar-refractivity contribution in [3.63, 3.8) is 0 Å². The number of alkyl halides is 3. The molecule has 1 heterocycles. The van der Waals surface area contributed by atoms with Crippen LogP contribution in [0.1, 0.15) is 64.4 Å². The third-order valence-electron chi connectivity index (χ3n) is 6.80. The van der Waals surface area contributed by atoms with E-state index in [-0.39, 0.29) is 57.5 Å². The Balaban J connectivity index is 1.78. The lowest BCUT2D eigenvalue weighted by Crippen LogP contribution is -2.25. The van der Waals surface area contributed by atoms with Gasteiger partial charge < -0.3 is 9.47 Å². The van der Waals surface area contributed by atoms with Crippen molar-refractivity contribution in [2.75, 3.05) is 13.9 Å². The van der Waals surface area contributed by atoms with Gasteiger partial charge in [0, 0.05) is 37.6 Å². The molecule has 1 aromatic heterocycles.